The molecular formula is C46H42ClN3O5. The molecular weight excluding hydrogens is 710 g/mol. The summed E-state index contributed by atoms with van der Waals surface area (Å²) in [6, 6.07) is 33.3. The molecule has 9 heteroatoms. The van der Waals surface area contributed by atoms with Crippen LogP contribution in [-0.4, -0.2) is 37.5 Å². The summed E-state index contributed by atoms with van der Waals surface area (Å²) in [7, 11) is 0. The highest BCUT2D eigenvalue weighted by molar-refractivity contribution is 6.39. The van der Waals surface area contributed by atoms with Crippen LogP contribution >= 0.6 is 11.6 Å². The van der Waals surface area contributed by atoms with E-state index < -0.39 is 17.8 Å². The Bertz CT molecular complexity index is 2270. The molecule has 1 N–H and O–H groups in total. The molecule has 3 heterocycles. The maximum atomic E-state index is 14.5. The van der Waals surface area contributed by atoms with E-state index in [4.69, 9.17) is 21.1 Å². The molecule has 2 atom stereocenters. The number of nitrogens with zero attached hydrogens (tertiary/aromatic N) is 2. The van der Waals surface area contributed by atoms with Gasteiger partial charge in [-0.15, -0.1) is 0 Å². The van der Waals surface area contributed by atoms with Crippen molar-refractivity contribution in [3.63, 3.8) is 0 Å². The Morgan fingerprint density at radius 1 is 0.782 bits per heavy atom. The molecule has 3 aliphatic rings. The lowest BCUT2D eigenvalue weighted by molar-refractivity contribution is -0.122. The number of imide groups is 2. The van der Waals surface area contributed by atoms with Crippen LogP contribution in [0.25, 0.3) is 6.08 Å². The number of hydrogen-bond acceptors (Lipinski definition) is 6. The summed E-state index contributed by atoms with van der Waals surface area (Å²) in [5, 5.41) is 2.69. The van der Waals surface area contributed by atoms with Crippen molar-refractivity contribution in [2.24, 2.45) is 0 Å². The van der Waals surface area contributed by atoms with Crippen LogP contribution in [-0.2, 0) is 16.2 Å². The first-order valence-corrected chi connectivity index (χ1v) is 19.2. The third-order valence-electron chi connectivity index (χ3n) is 11.0. The van der Waals surface area contributed by atoms with E-state index in [1.807, 2.05) is 67.6 Å². The van der Waals surface area contributed by atoms with Crippen LogP contribution < -0.4 is 24.6 Å². The normalized spacial score (nSPS) is 18.6. The van der Waals surface area contributed by atoms with Crippen molar-refractivity contribution < 1.29 is 23.9 Å². The Morgan fingerprint density at radius 3 is 2.02 bits per heavy atom. The number of nitrogens with one attached hydrogen (secondary N) is 1. The lowest BCUT2D eigenvalue weighted by Crippen LogP contribution is -2.54. The summed E-state index contributed by atoms with van der Waals surface area (Å²) >= 11 is 6.79. The summed E-state index contributed by atoms with van der Waals surface area (Å²) in [5.41, 5.74) is 9.66. The molecule has 3 aliphatic heterocycles. The Hall–Kier alpha value is -5.86. The topological polar surface area (TPSA) is 88.2 Å². The summed E-state index contributed by atoms with van der Waals surface area (Å²) in [6.45, 7) is 8.39. The Balaban J connectivity index is 1.18. The van der Waals surface area contributed by atoms with Gasteiger partial charge in [0.15, 0.2) is 11.5 Å². The highest BCUT2D eigenvalue weighted by atomic mass is 35.5. The average molecular weight is 752 g/mol. The smallest absolute Gasteiger partial charge is 0.335 e. The second-order valence-electron chi connectivity index (χ2n) is 14.4. The fourth-order valence-electron chi connectivity index (χ4n) is 8.15. The third-order valence-corrected chi connectivity index (χ3v) is 11.2. The molecule has 4 amide bonds. The van der Waals surface area contributed by atoms with Gasteiger partial charge in [0.1, 0.15) is 12.2 Å². The monoisotopic (exact) mass is 751 g/mol. The van der Waals surface area contributed by atoms with Gasteiger partial charge in [-0.2, -0.15) is 0 Å². The quantitative estimate of drug-likeness (QED) is 0.119. The van der Waals surface area contributed by atoms with E-state index >= 15 is 0 Å². The molecule has 8 nitrogen and oxygen atoms in total. The second-order valence-corrected chi connectivity index (χ2v) is 14.8. The van der Waals surface area contributed by atoms with Crippen LogP contribution in [0.4, 0.5) is 16.2 Å². The first-order chi connectivity index (χ1) is 26.7. The van der Waals surface area contributed by atoms with Gasteiger partial charge in [-0.05, 0) is 108 Å². The lowest BCUT2D eigenvalue weighted by atomic mass is 9.76. The number of urea groups is 1. The lowest BCUT2D eigenvalue weighted by Gasteiger charge is -2.44. The zero-order chi connectivity index (χ0) is 38.2. The van der Waals surface area contributed by atoms with Gasteiger partial charge in [0.25, 0.3) is 11.8 Å². The highest BCUT2D eigenvalue weighted by Crippen LogP contribution is 2.50. The number of halogens is 1. The van der Waals surface area contributed by atoms with E-state index in [9.17, 15) is 14.4 Å². The molecule has 5 aromatic carbocycles. The molecule has 55 heavy (non-hydrogen) atoms. The Kier molecular flexibility index (Phi) is 9.93. The molecule has 0 spiro atoms. The number of ether oxygens (including phenoxy) is 2. The minimum atomic E-state index is -0.793. The summed E-state index contributed by atoms with van der Waals surface area (Å²) in [4.78, 5) is 45.1. The fourth-order valence-corrected chi connectivity index (χ4v) is 8.42. The van der Waals surface area contributed by atoms with Gasteiger partial charge in [0.2, 0.25) is 0 Å². The third kappa shape index (κ3) is 6.98. The van der Waals surface area contributed by atoms with Gasteiger partial charge >= 0.3 is 6.03 Å². The maximum absolute atomic E-state index is 14.5. The number of hydrogen-bond donors (Lipinski definition) is 1. The Labute approximate surface area is 326 Å². The van der Waals surface area contributed by atoms with Gasteiger partial charge < -0.3 is 14.4 Å². The van der Waals surface area contributed by atoms with Crippen molar-refractivity contribution in [2.75, 3.05) is 29.5 Å². The number of amides is 4. The predicted molar refractivity (Wildman–Crippen MR) is 216 cm³/mol. The molecule has 5 aromatic rings. The van der Waals surface area contributed by atoms with Crippen LogP contribution in [0.5, 0.6) is 11.5 Å². The largest absolute Gasteiger partial charge is 0.490 e. The van der Waals surface area contributed by atoms with Gasteiger partial charge in [0.05, 0.1) is 17.3 Å². The summed E-state index contributed by atoms with van der Waals surface area (Å²) in [6.07, 6.45) is 3.24. The van der Waals surface area contributed by atoms with Crippen molar-refractivity contribution in [1.29, 1.82) is 0 Å². The van der Waals surface area contributed by atoms with E-state index in [0.717, 1.165) is 53.1 Å². The fraction of sp³-hybridized carbons (Fsp3) is 0.239. The van der Waals surface area contributed by atoms with Gasteiger partial charge in [0, 0.05) is 30.6 Å². The predicted octanol–water partition coefficient (Wildman–Crippen LogP) is 9.48. The van der Waals surface area contributed by atoms with Gasteiger partial charge in [-0.25, -0.2) is 9.69 Å². The van der Waals surface area contributed by atoms with Crippen LogP contribution in [0.15, 0.2) is 109 Å². The number of carbonyl (C=O) groups is 3. The SMILES string of the molecule is CCOc1cc(/C=C2\C(=O)NC(=O)N(c3cc4c5c(c3)[C@@H](c3ccccc3)CCN5CC[C@@H]4c3ccccc3)C2=O)cc(Cl)c1OCc1ccc(C)c(C)c1. The number of rotatable bonds is 9. The van der Waals surface area contributed by atoms with E-state index in [0.29, 0.717) is 29.4 Å². The molecule has 0 bridgehead atoms. The second kappa shape index (κ2) is 15.1. The standard InChI is InChI=1S/C46H42ClN3O5/c1-4-54-41-24-31(23-40(47)43(41)55-27-30-16-15-28(2)29(3)21-30)22-39-44(51)48-46(53)50(45(39)52)34-25-37-35(32-11-7-5-8-12-32)17-19-49-20-18-36(38(26-34)42(37)49)33-13-9-6-10-14-33/h5-16,21-26,35-36H,4,17-20,27H2,1-3H3,(H,48,51,53)/b39-22+/t35-,36-/m1/s1. The first kappa shape index (κ1) is 36.1. The van der Waals surface area contributed by atoms with Crippen LogP contribution in [0.1, 0.15) is 76.1 Å². The van der Waals surface area contributed by atoms with Crippen LogP contribution in [0, 0.1) is 13.8 Å². The van der Waals surface area contributed by atoms with Gasteiger partial charge in [-0.1, -0.05) is 90.5 Å². The zero-order valence-electron chi connectivity index (χ0n) is 31.1. The van der Waals surface area contributed by atoms with Crippen molar-refractivity contribution in [2.45, 2.75) is 52.1 Å². The van der Waals surface area contributed by atoms with Crippen LogP contribution in [0.2, 0.25) is 5.02 Å². The van der Waals surface area contributed by atoms with Crippen molar-refractivity contribution in [1.82, 2.24) is 5.32 Å². The highest BCUT2D eigenvalue weighted by Gasteiger charge is 2.40. The average Bonchev–Trinajstić information content (AvgIpc) is 3.18. The van der Waals surface area contributed by atoms with Crippen molar-refractivity contribution in [3.05, 3.63) is 158 Å². The number of anilines is 2. The van der Waals surface area contributed by atoms with Crippen molar-refractivity contribution in [3.8, 4) is 11.5 Å². The molecule has 278 valence electrons. The zero-order valence-corrected chi connectivity index (χ0v) is 31.9. The number of aryl methyl sites for hydroxylation is 2. The number of benzene rings is 5. The van der Waals surface area contributed by atoms with Gasteiger partial charge in [-0.3, -0.25) is 14.9 Å². The molecule has 0 saturated carbocycles. The molecule has 8 rings (SSSR count). The molecule has 1 saturated heterocycles. The Morgan fingerprint density at radius 2 is 1.42 bits per heavy atom. The number of barbiturate groups is 1. The first-order valence-electron chi connectivity index (χ1n) is 18.8. The summed E-state index contributed by atoms with van der Waals surface area (Å²) in [5.74, 6) is -0.644. The van der Waals surface area contributed by atoms with E-state index in [1.165, 1.54) is 28.5 Å². The maximum Gasteiger partial charge on any atom is 0.335 e. The molecule has 0 aliphatic carbocycles. The molecule has 0 radical (unpaired) electrons. The number of carbonyl (C=O) groups excluding carboxylic acids is 3. The molecule has 0 unspecified atom stereocenters. The summed E-state index contributed by atoms with van der Waals surface area (Å²) < 4.78 is 12.1. The molecule has 1 fully saturated rings. The van der Waals surface area contributed by atoms with E-state index in [-0.39, 0.29) is 29.0 Å². The van der Waals surface area contributed by atoms with E-state index in [2.05, 4.69) is 54.4 Å². The van der Waals surface area contributed by atoms with Crippen LogP contribution in [0.3, 0.4) is 0 Å². The minimum Gasteiger partial charge on any atom is -0.490 e. The molecule has 0 aromatic heterocycles. The van der Waals surface area contributed by atoms with Crippen molar-refractivity contribution >= 4 is 46.9 Å². The van der Waals surface area contributed by atoms with E-state index in [1.54, 1.807) is 12.1 Å². The minimum absolute atomic E-state index is 0.0650.